The zero-order valence-corrected chi connectivity index (χ0v) is 32.0. The van der Waals surface area contributed by atoms with Crippen LogP contribution in [0.2, 0.25) is 0 Å². The number of hydrogen-bond acceptors (Lipinski definition) is 6. The molecule has 2 unspecified atom stereocenters. The molecule has 0 amide bonds. The van der Waals surface area contributed by atoms with Gasteiger partial charge in [-0.1, -0.05) is 156 Å². The molecule has 0 heterocycles. The third kappa shape index (κ3) is 30.6. The summed E-state index contributed by atoms with van der Waals surface area (Å²) in [5, 5.41) is 9.52. The van der Waals surface area contributed by atoms with Crippen molar-refractivity contribution in [3.8, 4) is 0 Å². The van der Waals surface area contributed by atoms with E-state index in [-0.39, 0.29) is 30.4 Å². The van der Waals surface area contributed by atoms with E-state index < -0.39 is 0 Å². The lowest BCUT2D eigenvalue weighted by Crippen LogP contribution is -2.29. The zero-order valence-electron chi connectivity index (χ0n) is 32.0. The Kier molecular flexibility index (Phi) is 35.3. The Bertz CT molecular complexity index is 672. The van der Waals surface area contributed by atoms with Gasteiger partial charge in [-0.15, -0.1) is 0 Å². The maximum Gasteiger partial charge on any atom is 0.308 e. The standard InChI is InChI=1S/C41H81NO5/c1-5-8-11-14-17-24-31-39(30-23-16-12-9-6-2)41(45)47-37-28-21-15-19-25-32-42(34-35-43)33-26-20-18-22-29-38(4)40(44)46-36-27-13-10-7-3/h38-39,43H,5-37H2,1-4H3. The topological polar surface area (TPSA) is 76.1 Å². The molecule has 0 saturated carbocycles. The van der Waals surface area contributed by atoms with Crippen LogP contribution in [0.5, 0.6) is 0 Å². The molecule has 0 aromatic carbocycles. The molecule has 0 saturated heterocycles. The molecule has 0 radical (unpaired) electrons. The third-order valence-corrected chi connectivity index (χ3v) is 9.68. The molecule has 0 bridgehead atoms. The number of esters is 2. The van der Waals surface area contributed by atoms with Gasteiger partial charge in [-0.05, 0) is 58.0 Å². The van der Waals surface area contributed by atoms with Gasteiger partial charge in [-0.25, -0.2) is 0 Å². The molecule has 6 heteroatoms. The molecular formula is C41H81NO5. The molecule has 1 N–H and O–H groups in total. The van der Waals surface area contributed by atoms with Gasteiger partial charge in [0.2, 0.25) is 0 Å². The Hall–Kier alpha value is -1.14. The van der Waals surface area contributed by atoms with Crippen molar-refractivity contribution in [2.45, 2.75) is 201 Å². The number of rotatable bonds is 37. The Morgan fingerprint density at radius 3 is 1.36 bits per heavy atom. The maximum atomic E-state index is 12.9. The minimum absolute atomic E-state index is 0.00367. The fourth-order valence-electron chi connectivity index (χ4n) is 6.38. The summed E-state index contributed by atoms with van der Waals surface area (Å²) in [6.07, 6.45) is 31.4. The van der Waals surface area contributed by atoms with Gasteiger partial charge in [0.1, 0.15) is 0 Å². The molecule has 0 aromatic rings. The summed E-state index contributed by atoms with van der Waals surface area (Å²) in [6, 6.07) is 0. The first-order valence-corrected chi connectivity index (χ1v) is 20.7. The molecule has 47 heavy (non-hydrogen) atoms. The Morgan fingerprint density at radius 2 is 0.872 bits per heavy atom. The predicted molar refractivity (Wildman–Crippen MR) is 200 cm³/mol. The van der Waals surface area contributed by atoms with Crippen LogP contribution in [0.15, 0.2) is 0 Å². The number of carbonyl (C=O) groups excluding carboxylic acids is 2. The zero-order chi connectivity index (χ0) is 34.6. The molecular weight excluding hydrogens is 586 g/mol. The number of hydrogen-bond donors (Lipinski definition) is 1. The van der Waals surface area contributed by atoms with E-state index in [1.165, 1.54) is 83.5 Å². The van der Waals surface area contributed by atoms with E-state index in [9.17, 15) is 14.7 Å². The first-order valence-electron chi connectivity index (χ1n) is 20.7. The van der Waals surface area contributed by atoms with Crippen molar-refractivity contribution in [2.75, 3.05) is 39.5 Å². The lowest BCUT2D eigenvalue weighted by atomic mass is 9.94. The number of aliphatic hydroxyl groups excluding tert-OH is 1. The molecule has 0 rings (SSSR count). The van der Waals surface area contributed by atoms with Crippen LogP contribution in [-0.4, -0.2) is 61.4 Å². The summed E-state index contributed by atoms with van der Waals surface area (Å²) < 4.78 is 11.2. The van der Waals surface area contributed by atoms with Crippen LogP contribution < -0.4 is 0 Å². The summed E-state index contributed by atoms with van der Waals surface area (Å²) in [4.78, 5) is 27.4. The Balaban J connectivity index is 4.02. The van der Waals surface area contributed by atoms with Crippen molar-refractivity contribution >= 4 is 11.9 Å². The number of unbranched alkanes of at least 4 members (excludes halogenated alkanes) is 19. The third-order valence-electron chi connectivity index (χ3n) is 9.68. The van der Waals surface area contributed by atoms with Crippen molar-refractivity contribution in [1.29, 1.82) is 0 Å². The lowest BCUT2D eigenvalue weighted by molar-refractivity contribution is -0.149. The van der Waals surface area contributed by atoms with Crippen LogP contribution >= 0.6 is 0 Å². The van der Waals surface area contributed by atoms with Gasteiger partial charge in [0, 0.05) is 6.54 Å². The van der Waals surface area contributed by atoms with Crippen LogP contribution in [0.25, 0.3) is 0 Å². The number of aliphatic hydroxyl groups is 1. The van der Waals surface area contributed by atoms with E-state index in [1.807, 2.05) is 6.92 Å². The summed E-state index contributed by atoms with van der Waals surface area (Å²) in [5.41, 5.74) is 0. The van der Waals surface area contributed by atoms with Gasteiger partial charge in [0.15, 0.2) is 0 Å². The number of ether oxygens (including phenoxy) is 2. The van der Waals surface area contributed by atoms with Gasteiger partial charge in [0.05, 0.1) is 31.7 Å². The normalized spacial score (nSPS) is 12.8. The second kappa shape index (κ2) is 36.1. The molecule has 0 aromatic heterocycles. The number of nitrogens with zero attached hydrogens (tertiary/aromatic N) is 1. The van der Waals surface area contributed by atoms with Crippen LogP contribution in [0, 0.1) is 11.8 Å². The molecule has 0 aliphatic carbocycles. The van der Waals surface area contributed by atoms with Gasteiger partial charge in [0.25, 0.3) is 0 Å². The Morgan fingerprint density at radius 1 is 0.489 bits per heavy atom. The highest BCUT2D eigenvalue weighted by Gasteiger charge is 2.19. The second-order valence-corrected chi connectivity index (χ2v) is 14.3. The smallest absolute Gasteiger partial charge is 0.308 e. The lowest BCUT2D eigenvalue weighted by Gasteiger charge is -2.21. The van der Waals surface area contributed by atoms with Gasteiger partial charge < -0.3 is 19.5 Å². The Labute approximate surface area is 292 Å². The van der Waals surface area contributed by atoms with Gasteiger partial charge in [-0.3, -0.25) is 9.59 Å². The second-order valence-electron chi connectivity index (χ2n) is 14.3. The van der Waals surface area contributed by atoms with Crippen molar-refractivity contribution < 1.29 is 24.2 Å². The monoisotopic (exact) mass is 668 g/mol. The molecule has 2 atom stereocenters. The largest absolute Gasteiger partial charge is 0.465 e. The van der Waals surface area contributed by atoms with Crippen LogP contribution in [-0.2, 0) is 19.1 Å². The molecule has 0 aliphatic rings. The summed E-state index contributed by atoms with van der Waals surface area (Å²) in [5.74, 6) is 0.111. The fraction of sp³-hybridized carbons (Fsp3) is 0.951. The first-order chi connectivity index (χ1) is 23.0. The molecule has 0 fully saturated rings. The number of carbonyl (C=O) groups is 2. The summed E-state index contributed by atoms with van der Waals surface area (Å²) in [6.45, 7) is 12.8. The average Bonchev–Trinajstić information content (AvgIpc) is 3.07. The minimum atomic E-state index is -0.0347. The van der Waals surface area contributed by atoms with E-state index in [0.717, 1.165) is 110 Å². The molecule has 280 valence electrons. The molecule has 0 spiro atoms. The van der Waals surface area contributed by atoms with Crippen LogP contribution in [0.4, 0.5) is 0 Å². The minimum Gasteiger partial charge on any atom is -0.465 e. The molecule has 0 aliphatic heterocycles. The summed E-state index contributed by atoms with van der Waals surface area (Å²) in [7, 11) is 0. The van der Waals surface area contributed by atoms with Crippen LogP contribution in [0.3, 0.4) is 0 Å². The maximum absolute atomic E-state index is 12.9. The van der Waals surface area contributed by atoms with E-state index in [1.54, 1.807) is 0 Å². The molecule has 6 nitrogen and oxygen atoms in total. The van der Waals surface area contributed by atoms with E-state index in [2.05, 4.69) is 25.7 Å². The predicted octanol–water partition coefficient (Wildman–Crippen LogP) is 11.2. The van der Waals surface area contributed by atoms with Crippen molar-refractivity contribution in [3.05, 3.63) is 0 Å². The van der Waals surface area contributed by atoms with Crippen molar-refractivity contribution in [2.24, 2.45) is 11.8 Å². The summed E-state index contributed by atoms with van der Waals surface area (Å²) >= 11 is 0. The highest BCUT2D eigenvalue weighted by molar-refractivity contribution is 5.72. The highest BCUT2D eigenvalue weighted by atomic mass is 16.5. The van der Waals surface area contributed by atoms with Crippen LogP contribution in [0.1, 0.15) is 201 Å². The van der Waals surface area contributed by atoms with Crippen molar-refractivity contribution in [1.82, 2.24) is 4.90 Å². The quantitative estimate of drug-likeness (QED) is 0.0525. The van der Waals surface area contributed by atoms with Crippen molar-refractivity contribution in [3.63, 3.8) is 0 Å². The van der Waals surface area contributed by atoms with Gasteiger partial charge in [-0.2, -0.15) is 0 Å². The first kappa shape index (κ1) is 45.9. The van der Waals surface area contributed by atoms with E-state index in [0.29, 0.717) is 13.2 Å². The van der Waals surface area contributed by atoms with E-state index >= 15 is 0 Å². The van der Waals surface area contributed by atoms with E-state index in [4.69, 9.17) is 9.47 Å². The van der Waals surface area contributed by atoms with Gasteiger partial charge >= 0.3 is 11.9 Å². The average molecular weight is 668 g/mol. The SMILES string of the molecule is CCCCCCCCC(CCCCCCC)C(=O)OCCCCCCCN(CCO)CCCCCCC(C)C(=O)OCCCCCC. The fourth-order valence-corrected chi connectivity index (χ4v) is 6.38. The highest BCUT2D eigenvalue weighted by Crippen LogP contribution is 2.21.